The van der Waals surface area contributed by atoms with Crippen LogP contribution in [0.15, 0.2) is 24.7 Å². The van der Waals surface area contributed by atoms with Crippen LogP contribution in [0.3, 0.4) is 0 Å². The van der Waals surface area contributed by atoms with E-state index < -0.39 is 0 Å². The number of nitrogens with zero attached hydrogens (tertiary/aromatic N) is 5. The molecule has 0 bridgehead atoms. The Kier molecular flexibility index (Phi) is 5.81. The Labute approximate surface area is 136 Å². The van der Waals surface area contributed by atoms with Gasteiger partial charge in [-0.15, -0.1) is 0 Å². The minimum atomic E-state index is -0.129. The number of carbonyl (C=O) groups is 1. The van der Waals surface area contributed by atoms with Gasteiger partial charge < -0.3 is 9.64 Å². The molecule has 0 aliphatic rings. The normalized spacial score (nSPS) is 11.0. The molecular weight excluding hydrogens is 294 g/mol. The molecule has 0 saturated carbocycles. The van der Waals surface area contributed by atoms with Crippen molar-refractivity contribution in [3.63, 3.8) is 0 Å². The molecule has 0 saturated heterocycles. The van der Waals surface area contributed by atoms with Crippen LogP contribution in [0.2, 0.25) is 0 Å². The lowest BCUT2D eigenvalue weighted by atomic mass is 10.2. The van der Waals surface area contributed by atoms with Crippen molar-refractivity contribution >= 4 is 5.91 Å². The molecule has 0 aliphatic carbocycles. The summed E-state index contributed by atoms with van der Waals surface area (Å²) in [5.41, 5.74) is 1.37. The first kappa shape index (κ1) is 17.1. The zero-order valence-electron chi connectivity index (χ0n) is 14.1. The van der Waals surface area contributed by atoms with Gasteiger partial charge in [-0.25, -0.2) is 9.97 Å². The molecule has 0 N–H and O–H groups in total. The number of hydrogen-bond donors (Lipinski definition) is 0. The number of aromatic nitrogens is 4. The van der Waals surface area contributed by atoms with Crippen LogP contribution in [-0.4, -0.2) is 50.8 Å². The molecule has 7 heteroatoms. The average molecular weight is 317 g/mol. The van der Waals surface area contributed by atoms with E-state index in [1.54, 1.807) is 35.2 Å². The Morgan fingerprint density at radius 1 is 1.43 bits per heavy atom. The summed E-state index contributed by atoms with van der Waals surface area (Å²) in [6.07, 6.45) is 5.29. The molecule has 23 heavy (non-hydrogen) atoms. The topological polar surface area (TPSA) is 73.1 Å². The van der Waals surface area contributed by atoms with E-state index >= 15 is 0 Å². The van der Waals surface area contributed by atoms with Crippen molar-refractivity contribution in [2.75, 3.05) is 20.3 Å². The van der Waals surface area contributed by atoms with Gasteiger partial charge in [0.2, 0.25) is 0 Å². The van der Waals surface area contributed by atoms with Crippen molar-refractivity contribution in [3.8, 4) is 0 Å². The van der Waals surface area contributed by atoms with E-state index in [0.717, 1.165) is 5.56 Å². The van der Waals surface area contributed by atoms with Crippen LogP contribution in [-0.2, 0) is 18.3 Å². The van der Waals surface area contributed by atoms with Gasteiger partial charge in [0.25, 0.3) is 5.91 Å². The van der Waals surface area contributed by atoms with E-state index in [-0.39, 0.29) is 11.8 Å². The molecule has 0 radical (unpaired) electrons. The Balaban J connectivity index is 2.20. The zero-order chi connectivity index (χ0) is 16.8. The first-order chi connectivity index (χ1) is 11.0. The lowest BCUT2D eigenvalue weighted by Gasteiger charge is -2.21. The zero-order valence-corrected chi connectivity index (χ0v) is 14.1. The smallest absolute Gasteiger partial charge is 0.272 e. The molecule has 0 fully saturated rings. The van der Waals surface area contributed by atoms with Crippen molar-refractivity contribution in [2.45, 2.75) is 26.3 Å². The maximum Gasteiger partial charge on any atom is 0.272 e. The molecule has 0 spiro atoms. The molecule has 7 nitrogen and oxygen atoms in total. The average Bonchev–Trinajstić information content (AvgIpc) is 2.96. The summed E-state index contributed by atoms with van der Waals surface area (Å²) >= 11 is 0. The fraction of sp³-hybridized carbons (Fsp3) is 0.500. The predicted molar refractivity (Wildman–Crippen MR) is 85.9 cm³/mol. The molecule has 0 atom stereocenters. The summed E-state index contributed by atoms with van der Waals surface area (Å²) in [7, 11) is 3.47. The van der Waals surface area contributed by atoms with Gasteiger partial charge in [0.15, 0.2) is 0 Å². The largest absolute Gasteiger partial charge is 0.383 e. The van der Waals surface area contributed by atoms with Gasteiger partial charge >= 0.3 is 0 Å². The lowest BCUT2D eigenvalue weighted by Crippen LogP contribution is -2.34. The van der Waals surface area contributed by atoms with E-state index in [4.69, 9.17) is 4.74 Å². The summed E-state index contributed by atoms with van der Waals surface area (Å²) in [6.45, 7) is 5.43. The van der Waals surface area contributed by atoms with Crippen molar-refractivity contribution in [1.29, 1.82) is 0 Å². The van der Waals surface area contributed by atoms with Crippen molar-refractivity contribution in [1.82, 2.24) is 24.6 Å². The molecule has 0 aromatic carbocycles. The van der Waals surface area contributed by atoms with E-state index in [0.29, 0.717) is 31.2 Å². The third-order valence-corrected chi connectivity index (χ3v) is 3.39. The number of methoxy groups -OCH3 is 1. The highest BCUT2D eigenvalue weighted by Crippen LogP contribution is 2.12. The van der Waals surface area contributed by atoms with Gasteiger partial charge in [0.1, 0.15) is 11.5 Å². The fourth-order valence-corrected chi connectivity index (χ4v) is 2.16. The van der Waals surface area contributed by atoms with Gasteiger partial charge in [-0.3, -0.25) is 9.48 Å². The summed E-state index contributed by atoms with van der Waals surface area (Å²) in [5.74, 6) is 0.715. The van der Waals surface area contributed by atoms with E-state index in [1.807, 2.05) is 27.1 Å². The van der Waals surface area contributed by atoms with Gasteiger partial charge in [-0.1, -0.05) is 13.8 Å². The number of rotatable bonds is 7. The molecule has 2 aromatic heterocycles. The van der Waals surface area contributed by atoms with Gasteiger partial charge in [0, 0.05) is 51.1 Å². The monoisotopic (exact) mass is 317 g/mol. The van der Waals surface area contributed by atoms with Crippen LogP contribution >= 0.6 is 0 Å². The van der Waals surface area contributed by atoms with Crippen LogP contribution in [0.25, 0.3) is 0 Å². The van der Waals surface area contributed by atoms with Crippen LogP contribution < -0.4 is 0 Å². The number of amides is 1. The highest BCUT2D eigenvalue weighted by molar-refractivity contribution is 5.92. The summed E-state index contributed by atoms with van der Waals surface area (Å²) < 4.78 is 6.83. The predicted octanol–water partition coefficient (Wildman–Crippen LogP) is 1.62. The highest BCUT2D eigenvalue weighted by atomic mass is 16.5. The van der Waals surface area contributed by atoms with E-state index in [1.165, 1.54) is 0 Å². The molecule has 124 valence electrons. The second kappa shape index (κ2) is 7.82. The second-order valence-corrected chi connectivity index (χ2v) is 5.70. The van der Waals surface area contributed by atoms with Crippen LogP contribution in [0.1, 0.15) is 41.6 Å². The first-order valence-corrected chi connectivity index (χ1v) is 7.60. The number of hydrogen-bond acceptors (Lipinski definition) is 5. The number of ether oxygens (including phenoxy) is 1. The third kappa shape index (κ3) is 4.59. The second-order valence-electron chi connectivity index (χ2n) is 5.70. The summed E-state index contributed by atoms with van der Waals surface area (Å²) in [5, 5.41) is 4.14. The van der Waals surface area contributed by atoms with E-state index in [9.17, 15) is 4.79 Å². The van der Waals surface area contributed by atoms with Crippen molar-refractivity contribution < 1.29 is 9.53 Å². The first-order valence-electron chi connectivity index (χ1n) is 7.60. The SMILES string of the molecule is COCCN(Cc1cnn(C)c1)C(=O)c1ccnc(C(C)C)n1. The quantitative estimate of drug-likeness (QED) is 0.776. The van der Waals surface area contributed by atoms with Crippen LogP contribution in [0.5, 0.6) is 0 Å². The minimum absolute atomic E-state index is 0.129. The van der Waals surface area contributed by atoms with Crippen molar-refractivity contribution in [2.24, 2.45) is 7.05 Å². The Morgan fingerprint density at radius 2 is 2.22 bits per heavy atom. The molecule has 0 aliphatic heterocycles. The van der Waals surface area contributed by atoms with Crippen LogP contribution in [0.4, 0.5) is 0 Å². The molecule has 2 aromatic rings. The van der Waals surface area contributed by atoms with Gasteiger partial charge in [-0.2, -0.15) is 5.10 Å². The Morgan fingerprint density at radius 3 is 2.83 bits per heavy atom. The number of aryl methyl sites for hydroxylation is 1. The maximum absolute atomic E-state index is 12.8. The fourth-order valence-electron chi connectivity index (χ4n) is 2.16. The molecule has 0 unspecified atom stereocenters. The maximum atomic E-state index is 12.8. The van der Waals surface area contributed by atoms with E-state index in [2.05, 4.69) is 15.1 Å². The standard InChI is InChI=1S/C16H23N5O2/c1-12(2)15-17-6-5-14(19-15)16(22)21(7-8-23-4)11-13-9-18-20(3)10-13/h5-6,9-10,12H,7-8,11H2,1-4H3. The Bertz CT molecular complexity index is 653. The van der Waals surface area contributed by atoms with Crippen LogP contribution in [0, 0.1) is 0 Å². The summed E-state index contributed by atoms with van der Waals surface area (Å²) in [6, 6.07) is 1.65. The summed E-state index contributed by atoms with van der Waals surface area (Å²) in [4.78, 5) is 23.1. The molecule has 2 heterocycles. The lowest BCUT2D eigenvalue weighted by molar-refractivity contribution is 0.0674. The highest BCUT2D eigenvalue weighted by Gasteiger charge is 2.19. The third-order valence-electron chi connectivity index (χ3n) is 3.39. The van der Waals surface area contributed by atoms with Gasteiger partial charge in [-0.05, 0) is 6.07 Å². The minimum Gasteiger partial charge on any atom is -0.383 e. The Hall–Kier alpha value is -2.28. The molecule has 1 amide bonds. The molecular formula is C16H23N5O2. The van der Waals surface area contributed by atoms with Crippen molar-refractivity contribution in [3.05, 3.63) is 41.7 Å². The number of carbonyl (C=O) groups excluding carboxylic acids is 1. The molecule has 2 rings (SSSR count). The van der Waals surface area contributed by atoms with Gasteiger partial charge in [0.05, 0.1) is 12.8 Å².